The number of carbonyl (C=O) groups excluding carboxylic acids is 2. The number of aryl methyl sites for hydroxylation is 1. The van der Waals surface area contributed by atoms with E-state index in [0.717, 1.165) is 17.0 Å². The van der Waals surface area contributed by atoms with Gasteiger partial charge in [-0.25, -0.2) is 4.79 Å². The van der Waals surface area contributed by atoms with E-state index in [1.54, 1.807) is 6.07 Å². The minimum absolute atomic E-state index is 0.0916. The van der Waals surface area contributed by atoms with Crippen LogP contribution in [0.4, 0.5) is 0 Å². The molecule has 0 bridgehead atoms. The number of methoxy groups -OCH3 is 1. The van der Waals surface area contributed by atoms with Crippen molar-refractivity contribution in [3.8, 4) is 0 Å². The highest BCUT2D eigenvalue weighted by molar-refractivity contribution is 6.23. The summed E-state index contributed by atoms with van der Waals surface area (Å²) in [6.07, 6.45) is 0. The second kappa shape index (κ2) is 5.48. The van der Waals surface area contributed by atoms with Gasteiger partial charge in [0.25, 0.3) is 0 Å². The summed E-state index contributed by atoms with van der Waals surface area (Å²) in [6, 6.07) is 11.1. The van der Waals surface area contributed by atoms with Crippen LogP contribution in [0, 0.1) is 6.92 Å². The summed E-state index contributed by atoms with van der Waals surface area (Å²) in [5, 5.41) is 3.23. The van der Waals surface area contributed by atoms with Crippen molar-refractivity contribution in [2.75, 3.05) is 7.11 Å². The van der Waals surface area contributed by atoms with Gasteiger partial charge in [-0.3, -0.25) is 4.79 Å². The summed E-state index contributed by atoms with van der Waals surface area (Å²) in [4.78, 5) is 25.5. The Morgan fingerprint density at radius 3 is 2.48 bits per heavy atom. The number of fused-ring (bicyclic) bond motifs is 2. The number of allylic oxidation sites excluding steroid dienone is 2. The maximum atomic E-state index is 13.1. The highest BCUT2D eigenvalue weighted by atomic mass is 16.5. The van der Waals surface area contributed by atoms with Gasteiger partial charge in [-0.1, -0.05) is 24.3 Å². The van der Waals surface area contributed by atoms with Crippen molar-refractivity contribution in [3.63, 3.8) is 0 Å². The van der Waals surface area contributed by atoms with E-state index < -0.39 is 11.9 Å². The maximum Gasteiger partial charge on any atom is 0.336 e. The van der Waals surface area contributed by atoms with E-state index in [-0.39, 0.29) is 5.78 Å². The second-order valence-corrected chi connectivity index (χ2v) is 6.20. The molecule has 1 aromatic heterocycles. The molecule has 2 heterocycles. The molecule has 2 aromatic rings. The van der Waals surface area contributed by atoms with Crippen LogP contribution >= 0.6 is 0 Å². The number of ketones is 1. The third kappa shape index (κ3) is 2.16. The standard InChI is InChI=1S/C20H17NO4/c1-10-8-9-14(25-10)16-15(20(23)24-3)11(2)21-18-12-6-4-5-7-13(12)19(22)17(16)18/h4-9,16,21H,1-3H3/t16-/m0/s1. The highest BCUT2D eigenvalue weighted by Gasteiger charge is 2.44. The Labute approximate surface area is 145 Å². The van der Waals surface area contributed by atoms with E-state index in [1.807, 2.05) is 44.2 Å². The molecule has 0 amide bonds. The molecule has 0 saturated carbocycles. The molecule has 5 heteroatoms. The molecule has 2 aliphatic rings. The molecule has 126 valence electrons. The van der Waals surface area contributed by atoms with Crippen LogP contribution < -0.4 is 5.32 Å². The van der Waals surface area contributed by atoms with Crippen LogP contribution in [-0.2, 0) is 9.53 Å². The van der Waals surface area contributed by atoms with Crippen LogP contribution in [0.1, 0.15) is 40.3 Å². The normalized spacial score (nSPS) is 18.8. The van der Waals surface area contributed by atoms with Crippen LogP contribution in [-0.4, -0.2) is 18.9 Å². The Bertz CT molecular complexity index is 977. The summed E-state index contributed by atoms with van der Waals surface area (Å²) in [5.74, 6) is 0.135. The van der Waals surface area contributed by atoms with Crippen LogP contribution in [0.5, 0.6) is 0 Å². The van der Waals surface area contributed by atoms with Gasteiger partial charge in [-0.2, -0.15) is 0 Å². The predicted octanol–water partition coefficient (Wildman–Crippen LogP) is 3.33. The molecular formula is C20H17NO4. The Kier molecular flexibility index (Phi) is 3.39. The number of hydrogen-bond acceptors (Lipinski definition) is 5. The van der Waals surface area contributed by atoms with Gasteiger partial charge >= 0.3 is 5.97 Å². The van der Waals surface area contributed by atoms with Gasteiger partial charge in [0.1, 0.15) is 11.5 Å². The molecule has 0 saturated heterocycles. The number of benzene rings is 1. The zero-order valence-corrected chi connectivity index (χ0v) is 14.2. The van der Waals surface area contributed by atoms with Crippen LogP contribution in [0.2, 0.25) is 0 Å². The van der Waals surface area contributed by atoms with E-state index in [2.05, 4.69) is 5.32 Å². The smallest absolute Gasteiger partial charge is 0.336 e. The SMILES string of the molecule is COC(=O)C1=C(C)NC2=C(C(=O)c3ccccc32)[C@H]1c1ccc(C)o1. The fourth-order valence-corrected chi connectivity index (χ4v) is 3.60. The first-order valence-corrected chi connectivity index (χ1v) is 8.03. The number of esters is 1. The number of carbonyl (C=O) groups is 2. The first kappa shape index (κ1) is 15.4. The van der Waals surface area contributed by atoms with Gasteiger partial charge in [-0.05, 0) is 26.0 Å². The minimum atomic E-state index is -0.586. The molecular weight excluding hydrogens is 318 g/mol. The first-order valence-electron chi connectivity index (χ1n) is 8.03. The zero-order valence-electron chi connectivity index (χ0n) is 14.2. The van der Waals surface area contributed by atoms with E-state index in [0.29, 0.717) is 28.2 Å². The van der Waals surface area contributed by atoms with Crippen LogP contribution in [0.15, 0.2) is 57.7 Å². The molecule has 5 nitrogen and oxygen atoms in total. The lowest BCUT2D eigenvalue weighted by Gasteiger charge is -2.27. The number of ether oxygens (including phenoxy) is 1. The lowest BCUT2D eigenvalue weighted by molar-refractivity contribution is -0.136. The van der Waals surface area contributed by atoms with Crippen molar-refractivity contribution in [1.82, 2.24) is 5.32 Å². The monoisotopic (exact) mass is 335 g/mol. The summed E-state index contributed by atoms with van der Waals surface area (Å²) in [6.45, 7) is 3.64. The Hall–Kier alpha value is -3.08. The van der Waals surface area contributed by atoms with Crippen molar-refractivity contribution in [2.45, 2.75) is 19.8 Å². The van der Waals surface area contributed by atoms with Gasteiger partial charge in [0.2, 0.25) is 0 Å². The number of rotatable bonds is 2. The largest absolute Gasteiger partial charge is 0.466 e. The average molecular weight is 335 g/mol. The molecule has 0 unspecified atom stereocenters. The van der Waals surface area contributed by atoms with Gasteiger partial charge in [0.05, 0.1) is 24.3 Å². The van der Waals surface area contributed by atoms with E-state index in [9.17, 15) is 9.59 Å². The summed E-state index contributed by atoms with van der Waals surface area (Å²) in [7, 11) is 1.34. The van der Waals surface area contributed by atoms with Gasteiger partial charge < -0.3 is 14.5 Å². The quantitative estimate of drug-likeness (QED) is 0.853. The average Bonchev–Trinajstić information content (AvgIpc) is 3.16. The van der Waals surface area contributed by atoms with Gasteiger partial charge in [-0.15, -0.1) is 0 Å². The maximum absolute atomic E-state index is 13.1. The van der Waals surface area contributed by atoms with E-state index in [1.165, 1.54) is 7.11 Å². The Balaban J connectivity index is 1.96. The summed E-state index contributed by atoms with van der Waals surface area (Å²) < 4.78 is 10.8. The Morgan fingerprint density at radius 2 is 1.84 bits per heavy atom. The first-order chi connectivity index (χ1) is 12.0. The minimum Gasteiger partial charge on any atom is -0.466 e. The fourth-order valence-electron chi connectivity index (χ4n) is 3.60. The van der Waals surface area contributed by atoms with Crippen molar-refractivity contribution in [1.29, 1.82) is 0 Å². The molecule has 1 aliphatic carbocycles. The molecule has 0 fully saturated rings. The third-order valence-electron chi connectivity index (χ3n) is 4.70. The van der Waals surface area contributed by atoms with E-state index >= 15 is 0 Å². The molecule has 0 radical (unpaired) electrons. The number of hydrogen-bond donors (Lipinski definition) is 1. The summed E-state index contributed by atoms with van der Waals surface area (Å²) in [5.41, 5.74) is 3.81. The zero-order chi connectivity index (χ0) is 17.7. The number of dihydropyridines is 1. The van der Waals surface area contributed by atoms with Crippen molar-refractivity contribution >= 4 is 17.4 Å². The topological polar surface area (TPSA) is 68.5 Å². The number of Topliss-reactive ketones (excluding diaryl/α,β-unsaturated/α-hetero) is 1. The number of furan rings is 1. The number of nitrogens with one attached hydrogen (secondary N) is 1. The molecule has 0 spiro atoms. The van der Waals surface area contributed by atoms with Gasteiger partial charge in [0, 0.05) is 22.4 Å². The lowest BCUT2D eigenvalue weighted by atomic mass is 9.83. The van der Waals surface area contributed by atoms with Crippen molar-refractivity contribution < 1.29 is 18.7 Å². The molecule has 25 heavy (non-hydrogen) atoms. The molecule has 1 N–H and O–H groups in total. The highest BCUT2D eigenvalue weighted by Crippen LogP contribution is 2.46. The summed E-state index contributed by atoms with van der Waals surface area (Å²) >= 11 is 0. The van der Waals surface area contributed by atoms with Crippen molar-refractivity contribution in [3.05, 3.63) is 75.9 Å². The molecule has 1 aliphatic heterocycles. The molecule has 4 rings (SSSR count). The van der Waals surface area contributed by atoms with Crippen LogP contribution in [0.3, 0.4) is 0 Å². The van der Waals surface area contributed by atoms with Crippen molar-refractivity contribution in [2.24, 2.45) is 0 Å². The third-order valence-corrected chi connectivity index (χ3v) is 4.70. The molecule has 1 atom stereocenters. The second-order valence-electron chi connectivity index (χ2n) is 6.20. The lowest BCUT2D eigenvalue weighted by Crippen LogP contribution is -2.28. The molecule has 1 aromatic carbocycles. The fraction of sp³-hybridized carbons (Fsp3) is 0.200. The van der Waals surface area contributed by atoms with Gasteiger partial charge in [0.15, 0.2) is 5.78 Å². The van der Waals surface area contributed by atoms with Crippen LogP contribution in [0.25, 0.3) is 5.70 Å². The predicted molar refractivity (Wildman–Crippen MR) is 91.7 cm³/mol. The van der Waals surface area contributed by atoms with E-state index in [4.69, 9.17) is 9.15 Å². The Morgan fingerprint density at radius 1 is 1.12 bits per heavy atom.